The minimum atomic E-state index is -1.80. The molecule has 2 N–H and O–H groups in total. The van der Waals surface area contributed by atoms with E-state index in [2.05, 4.69) is 15.6 Å². The summed E-state index contributed by atoms with van der Waals surface area (Å²) in [7, 11) is 0. The van der Waals surface area contributed by atoms with E-state index in [4.69, 9.17) is 0 Å². The largest absolute Gasteiger partial charge is 0.632 e. The van der Waals surface area contributed by atoms with Crippen LogP contribution in [0.15, 0.2) is 29.8 Å². The zero-order chi connectivity index (χ0) is 27.0. The Morgan fingerprint density at radius 3 is 2.46 bits per heavy atom. The summed E-state index contributed by atoms with van der Waals surface area (Å²) in [5.74, 6) is -0.896. The monoisotopic (exact) mass is 530 g/mol. The van der Waals surface area contributed by atoms with Crippen LogP contribution in [-0.2, 0) is 9.59 Å². The van der Waals surface area contributed by atoms with Gasteiger partial charge in [0, 0.05) is 12.8 Å². The predicted octanol–water partition coefficient (Wildman–Crippen LogP) is 5.20. The maximum Gasteiger partial charge on any atom is 0.279 e. The zero-order valence-corrected chi connectivity index (χ0v) is 23.3. The summed E-state index contributed by atoms with van der Waals surface area (Å²) in [6.45, 7) is 10.1. The number of hydrogen-bond acceptors (Lipinski definition) is 5. The van der Waals surface area contributed by atoms with Crippen LogP contribution in [0.1, 0.15) is 77.1 Å². The molecule has 0 spiro atoms. The van der Waals surface area contributed by atoms with Gasteiger partial charge in [0.1, 0.15) is 6.54 Å². The van der Waals surface area contributed by atoms with Crippen molar-refractivity contribution in [2.75, 3.05) is 13.1 Å². The quantitative estimate of drug-likeness (QED) is 0.344. The van der Waals surface area contributed by atoms with Crippen molar-refractivity contribution in [3.63, 3.8) is 0 Å². The summed E-state index contributed by atoms with van der Waals surface area (Å²) in [5.41, 5.74) is 2.65. The number of hydrogen-bond donors (Lipinski definition) is 2. The molecule has 1 saturated heterocycles. The smallest absolute Gasteiger partial charge is 0.279 e. The molecule has 1 unspecified atom stereocenters. The fourth-order valence-electron chi connectivity index (χ4n) is 5.11. The van der Waals surface area contributed by atoms with Crippen LogP contribution in [0, 0.1) is 17.5 Å². The number of quaternary nitrogens is 1. The van der Waals surface area contributed by atoms with E-state index in [1.165, 1.54) is 0 Å². The van der Waals surface area contributed by atoms with E-state index in [9.17, 15) is 19.2 Å². The van der Waals surface area contributed by atoms with Crippen LogP contribution in [-0.4, -0.2) is 52.3 Å². The molecule has 4 rings (SSSR count). The second-order valence-electron chi connectivity index (χ2n) is 11.7. The summed E-state index contributed by atoms with van der Waals surface area (Å²) in [4.78, 5) is 31.4. The molecular formula is C28H39FN4O3S. The number of thiazole rings is 1. The van der Waals surface area contributed by atoms with Crippen molar-refractivity contribution in [2.24, 2.45) is 5.41 Å². The van der Waals surface area contributed by atoms with Crippen LogP contribution >= 0.6 is 11.3 Å². The highest BCUT2D eigenvalue weighted by molar-refractivity contribution is 7.13. The van der Waals surface area contributed by atoms with E-state index in [0.717, 1.165) is 21.7 Å². The topological polar surface area (TPSA) is 94.1 Å². The Balaban J connectivity index is 1.45. The van der Waals surface area contributed by atoms with Crippen LogP contribution in [0.3, 0.4) is 0 Å². The summed E-state index contributed by atoms with van der Waals surface area (Å²) < 4.78 is 13.7. The van der Waals surface area contributed by atoms with Gasteiger partial charge in [-0.25, -0.2) is 9.37 Å². The first-order chi connectivity index (χ1) is 17.4. The maximum absolute atomic E-state index is 14.4. The molecule has 2 heterocycles. The first kappa shape index (κ1) is 27.7. The molecule has 2 aliphatic rings. The molecule has 4 atom stereocenters. The van der Waals surface area contributed by atoms with Crippen molar-refractivity contribution in [3.05, 3.63) is 46.2 Å². The number of nitrogens with one attached hydrogen (secondary N) is 2. The van der Waals surface area contributed by atoms with E-state index in [1.54, 1.807) is 11.3 Å². The summed E-state index contributed by atoms with van der Waals surface area (Å²) >= 11 is 1.60. The second-order valence-corrected chi connectivity index (χ2v) is 12.6. The van der Waals surface area contributed by atoms with Gasteiger partial charge in [-0.05, 0) is 42.7 Å². The van der Waals surface area contributed by atoms with Crippen LogP contribution in [0.25, 0.3) is 10.4 Å². The molecule has 1 aromatic carbocycles. The number of carbonyl (C=O) groups excluding carboxylic acids is 2. The average molecular weight is 531 g/mol. The number of nitrogens with zero attached hydrogens (tertiary/aromatic N) is 2. The highest BCUT2D eigenvalue weighted by Gasteiger charge is 2.53. The normalized spacial score (nSPS) is 24.4. The third-order valence-corrected chi connectivity index (χ3v) is 8.85. The molecule has 2 aromatic rings. The Morgan fingerprint density at radius 2 is 1.92 bits per heavy atom. The molecular weight excluding hydrogens is 491 g/mol. The third-order valence-electron chi connectivity index (χ3n) is 7.87. The lowest BCUT2D eigenvalue weighted by Gasteiger charge is -2.48. The van der Waals surface area contributed by atoms with Crippen LogP contribution in [0.4, 0.5) is 4.39 Å². The molecule has 2 fully saturated rings. The molecule has 1 aliphatic carbocycles. The average Bonchev–Trinajstić information content (AvgIpc) is 3.26. The molecule has 9 heteroatoms. The predicted molar refractivity (Wildman–Crippen MR) is 144 cm³/mol. The fraction of sp³-hybridized carbons (Fsp3) is 0.607. The number of carbonyl (C=O) groups is 2. The molecule has 202 valence electrons. The van der Waals surface area contributed by atoms with Crippen LogP contribution < -0.4 is 10.6 Å². The second kappa shape index (κ2) is 10.4. The number of alkyl halides is 1. The molecule has 37 heavy (non-hydrogen) atoms. The standard InChI is InChI=1S/C28H39FN4O3S/c1-6-21(19-9-11-20(12-10-19)24-18(2)30-17-37-24)31-25(34)22-8-7-15-33(22,36)16-23(27(3,4)5)32-26(35)28(29)13-14-28/h9-12,17,21-23H,6-8,13-16H2,1-5H3,(H,31,34)(H,32,35)/t21-,22-,23+,33?/m0/s1. The van der Waals surface area contributed by atoms with Gasteiger partial charge in [0.05, 0.1) is 34.7 Å². The van der Waals surface area contributed by atoms with Gasteiger partial charge >= 0.3 is 0 Å². The van der Waals surface area contributed by atoms with Crippen molar-refractivity contribution >= 4 is 23.2 Å². The third kappa shape index (κ3) is 6.04. The Morgan fingerprint density at radius 1 is 1.24 bits per heavy atom. The molecule has 0 radical (unpaired) electrons. The summed E-state index contributed by atoms with van der Waals surface area (Å²) in [6.07, 6.45) is 2.27. The first-order valence-electron chi connectivity index (χ1n) is 13.2. The molecule has 1 saturated carbocycles. The Labute approximate surface area is 223 Å². The number of aromatic nitrogens is 1. The Kier molecular flexibility index (Phi) is 7.79. The summed E-state index contributed by atoms with van der Waals surface area (Å²) in [5, 5.41) is 19.9. The van der Waals surface area contributed by atoms with E-state index in [1.807, 2.05) is 64.4 Å². The van der Waals surface area contributed by atoms with Gasteiger partial charge in [-0.15, -0.1) is 11.3 Å². The van der Waals surface area contributed by atoms with Crippen molar-refractivity contribution < 1.29 is 18.6 Å². The van der Waals surface area contributed by atoms with Crippen LogP contribution in [0.5, 0.6) is 0 Å². The molecule has 1 aliphatic heterocycles. The molecule has 1 aromatic heterocycles. The van der Waals surface area contributed by atoms with Gasteiger partial charge in [-0.1, -0.05) is 52.0 Å². The molecule has 0 bridgehead atoms. The lowest BCUT2D eigenvalue weighted by molar-refractivity contribution is -0.885. The lowest BCUT2D eigenvalue weighted by Crippen LogP contribution is -2.62. The number of amides is 2. The van der Waals surface area contributed by atoms with Crippen molar-refractivity contribution in [3.8, 4) is 10.4 Å². The van der Waals surface area contributed by atoms with E-state index in [-0.39, 0.29) is 31.3 Å². The highest BCUT2D eigenvalue weighted by atomic mass is 32.1. The minimum absolute atomic E-state index is 0.0447. The van der Waals surface area contributed by atoms with Gasteiger partial charge in [0.2, 0.25) is 0 Å². The van der Waals surface area contributed by atoms with Gasteiger partial charge in [0.25, 0.3) is 11.8 Å². The molecule has 2 amide bonds. The number of likely N-dealkylation sites (tertiary alicyclic amines) is 1. The minimum Gasteiger partial charge on any atom is -0.632 e. The maximum atomic E-state index is 14.4. The number of aryl methyl sites for hydroxylation is 1. The number of benzene rings is 1. The SMILES string of the molecule is CC[C@H](NC(=O)[C@@H]1CCC[N+]1([O-])C[C@@H](NC(=O)C1(F)CC1)C(C)(C)C)c1ccc(-c2scnc2C)cc1. The zero-order valence-electron chi connectivity index (χ0n) is 22.5. The van der Waals surface area contributed by atoms with Crippen LogP contribution in [0.2, 0.25) is 0 Å². The van der Waals surface area contributed by atoms with Gasteiger partial charge < -0.3 is 20.5 Å². The lowest BCUT2D eigenvalue weighted by atomic mass is 9.85. The molecule has 7 nitrogen and oxygen atoms in total. The van der Waals surface area contributed by atoms with Crippen molar-refractivity contribution in [1.82, 2.24) is 15.6 Å². The first-order valence-corrected chi connectivity index (χ1v) is 14.1. The van der Waals surface area contributed by atoms with Gasteiger partial charge in [-0.3, -0.25) is 9.59 Å². The fourth-order valence-corrected chi connectivity index (χ4v) is 5.92. The van der Waals surface area contributed by atoms with E-state index < -0.39 is 33.7 Å². The Hall–Kier alpha value is -2.36. The highest BCUT2D eigenvalue weighted by Crippen LogP contribution is 2.40. The van der Waals surface area contributed by atoms with E-state index in [0.29, 0.717) is 25.8 Å². The van der Waals surface area contributed by atoms with E-state index >= 15 is 0 Å². The number of halogens is 1. The summed E-state index contributed by atoms with van der Waals surface area (Å²) in [6, 6.07) is 6.63. The van der Waals surface area contributed by atoms with Gasteiger partial charge in [0.15, 0.2) is 11.7 Å². The van der Waals surface area contributed by atoms with Crippen molar-refractivity contribution in [1.29, 1.82) is 0 Å². The van der Waals surface area contributed by atoms with Crippen molar-refractivity contribution in [2.45, 2.75) is 90.5 Å². The Bertz CT molecular complexity index is 1130. The van der Waals surface area contributed by atoms with Gasteiger partial charge in [-0.2, -0.15) is 0 Å². The number of rotatable bonds is 9. The number of hydroxylamine groups is 3.